The fourth-order valence-electron chi connectivity index (χ4n) is 3.78. The number of hydroxylamine groups is 2. The van der Waals surface area contributed by atoms with Crippen LogP contribution in [0.25, 0.3) is 0 Å². The molecule has 2 aromatic heterocycles. The molecule has 0 unspecified atom stereocenters. The minimum atomic E-state index is 0.00671. The van der Waals surface area contributed by atoms with Crippen LogP contribution < -0.4 is 0 Å². The molecule has 8 nitrogen and oxygen atoms in total. The van der Waals surface area contributed by atoms with E-state index in [9.17, 15) is 4.79 Å². The van der Waals surface area contributed by atoms with E-state index in [1.807, 2.05) is 30.8 Å². The molecule has 0 aromatic carbocycles. The number of carbonyl (C=O) groups is 1. The van der Waals surface area contributed by atoms with Crippen LogP contribution in [0.1, 0.15) is 48.0 Å². The van der Waals surface area contributed by atoms with E-state index in [0.717, 1.165) is 55.2 Å². The van der Waals surface area contributed by atoms with Crippen LogP contribution in [0, 0.1) is 13.8 Å². The summed E-state index contributed by atoms with van der Waals surface area (Å²) in [4.78, 5) is 20.5. The first-order valence-electron chi connectivity index (χ1n) is 9.21. The molecule has 26 heavy (non-hydrogen) atoms. The van der Waals surface area contributed by atoms with Gasteiger partial charge in [0.05, 0.1) is 30.5 Å². The molecule has 0 N–H and O–H groups in total. The minimum absolute atomic E-state index is 0.00671. The van der Waals surface area contributed by atoms with Crippen molar-refractivity contribution < 1.29 is 14.2 Å². The van der Waals surface area contributed by atoms with Gasteiger partial charge in [0.15, 0.2) is 0 Å². The Morgan fingerprint density at radius 2 is 2.23 bits per heavy atom. The van der Waals surface area contributed by atoms with Crippen molar-refractivity contribution in [1.29, 1.82) is 0 Å². The zero-order valence-electron chi connectivity index (χ0n) is 15.3. The third-order valence-electron chi connectivity index (χ3n) is 5.21. The minimum Gasteiger partial charge on any atom is -0.361 e. The van der Waals surface area contributed by atoms with E-state index in [1.165, 1.54) is 5.06 Å². The molecule has 1 atom stereocenters. The van der Waals surface area contributed by atoms with Crippen LogP contribution >= 0.6 is 0 Å². The Morgan fingerprint density at radius 1 is 1.35 bits per heavy atom. The quantitative estimate of drug-likeness (QED) is 0.831. The second-order valence-corrected chi connectivity index (χ2v) is 7.13. The molecular weight excluding hydrogens is 334 g/mol. The first kappa shape index (κ1) is 17.2. The molecule has 2 aliphatic rings. The Kier molecular flexibility index (Phi) is 4.78. The number of carbonyl (C=O) groups excluding carboxylic acids is 1. The molecule has 0 saturated carbocycles. The topological polar surface area (TPSA) is 76.6 Å². The number of fused-ring (bicyclic) bond motifs is 1. The summed E-state index contributed by atoms with van der Waals surface area (Å²) in [5, 5.41) is 10.0. The molecule has 140 valence electrons. The van der Waals surface area contributed by atoms with Gasteiger partial charge in [-0.1, -0.05) is 5.16 Å². The van der Waals surface area contributed by atoms with E-state index in [4.69, 9.17) is 9.36 Å². The Morgan fingerprint density at radius 3 is 2.96 bits per heavy atom. The molecule has 2 aliphatic heterocycles. The van der Waals surface area contributed by atoms with Crippen molar-refractivity contribution in [1.82, 2.24) is 24.9 Å². The summed E-state index contributed by atoms with van der Waals surface area (Å²) in [6.07, 6.45) is 4.22. The second-order valence-electron chi connectivity index (χ2n) is 7.13. The summed E-state index contributed by atoms with van der Waals surface area (Å²) in [6, 6.07) is 2.03. The van der Waals surface area contributed by atoms with Gasteiger partial charge in [0.1, 0.15) is 5.76 Å². The molecule has 8 heteroatoms. The maximum atomic E-state index is 12.6. The predicted molar refractivity (Wildman–Crippen MR) is 92.9 cm³/mol. The molecule has 0 aliphatic carbocycles. The van der Waals surface area contributed by atoms with E-state index < -0.39 is 0 Å². The van der Waals surface area contributed by atoms with Crippen molar-refractivity contribution in [2.45, 2.75) is 52.2 Å². The van der Waals surface area contributed by atoms with Gasteiger partial charge in [0, 0.05) is 37.9 Å². The lowest BCUT2D eigenvalue weighted by atomic mass is 10.1. The number of amides is 1. The average molecular weight is 359 g/mol. The monoisotopic (exact) mass is 359 g/mol. The normalized spacial score (nSPS) is 21.0. The number of hydrogen-bond acceptors (Lipinski definition) is 6. The highest BCUT2D eigenvalue weighted by atomic mass is 16.7. The number of hydrogen-bond donors (Lipinski definition) is 0. The van der Waals surface area contributed by atoms with Gasteiger partial charge in [-0.25, -0.2) is 5.06 Å². The summed E-state index contributed by atoms with van der Waals surface area (Å²) >= 11 is 0. The fraction of sp³-hybridized carbons (Fsp3) is 0.611. The zero-order valence-corrected chi connectivity index (χ0v) is 15.3. The summed E-state index contributed by atoms with van der Waals surface area (Å²) in [6.45, 7) is 7.54. The molecule has 2 aromatic rings. The van der Waals surface area contributed by atoms with Gasteiger partial charge in [-0.3, -0.25) is 19.2 Å². The van der Waals surface area contributed by atoms with Crippen LogP contribution in [-0.2, 0) is 22.7 Å². The van der Waals surface area contributed by atoms with E-state index in [-0.39, 0.29) is 11.9 Å². The summed E-state index contributed by atoms with van der Waals surface area (Å²) in [7, 11) is 0. The number of aryl methyl sites for hydroxylation is 2. The lowest BCUT2D eigenvalue weighted by Crippen LogP contribution is -2.42. The molecule has 0 radical (unpaired) electrons. The highest BCUT2D eigenvalue weighted by Crippen LogP contribution is 2.26. The van der Waals surface area contributed by atoms with Gasteiger partial charge in [-0.05, 0) is 32.8 Å². The van der Waals surface area contributed by atoms with E-state index in [1.54, 1.807) is 0 Å². The summed E-state index contributed by atoms with van der Waals surface area (Å²) in [5.74, 6) is 0.895. The Labute approximate surface area is 152 Å². The Balaban J connectivity index is 1.48. The lowest BCUT2D eigenvalue weighted by molar-refractivity contribution is -0.198. The van der Waals surface area contributed by atoms with Crippen molar-refractivity contribution in [3.8, 4) is 0 Å². The third-order valence-corrected chi connectivity index (χ3v) is 5.21. The first-order chi connectivity index (χ1) is 12.6. The van der Waals surface area contributed by atoms with Crippen LogP contribution in [0.15, 0.2) is 16.8 Å². The number of nitrogens with zero attached hydrogens (tertiary/aromatic N) is 5. The van der Waals surface area contributed by atoms with E-state index in [2.05, 4.69) is 15.2 Å². The molecular formula is C18H25N5O3. The molecule has 4 heterocycles. The Bertz CT molecular complexity index is 758. The van der Waals surface area contributed by atoms with Crippen molar-refractivity contribution in [3.63, 3.8) is 0 Å². The van der Waals surface area contributed by atoms with Crippen molar-refractivity contribution in [2.24, 2.45) is 0 Å². The van der Waals surface area contributed by atoms with Gasteiger partial charge in [0.2, 0.25) is 5.91 Å². The molecule has 0 spiro atoms. The fourth-order valence-corrected chi connectivity index (χ4v) is 3.78. The van der Waals surface area contributed by atoms with Gasteiger partial charge in [-0.15, -0.1) is 0 Å². The van der Waals surface area contributed by atoms with Gasteiger partial charge < -0.3 is 4.52 Å². The van der Waals surface area contributed by atoms with E-state index in [0.29, 0.717) is 19.6 Å². The predicted octanol–water partition coefficient (Wildman–Crippen LogP) is 1.99. The van der Waals surface area contributed by atoms with Gasteiger partial charge in [-0.2, -0.15) is 5.10 Å². The summed E-state index contributed by atoms with van der Waals surface area (Å²) < 4.78 is 7.28. The second kappa shape index (κ2) is 7.20. The largest absolute Gasteiger partial charge is 0.361 e. The smallest absolute Gasteiger partial charge is 0.248 e. The van der Waals surface area contributed by atoms with E-state index >= 15 is 0 Å². The molecule has 1 amide bonds. The first-order valence-corrected chi connectivity index (χ1v) is 9.21. The highest BCUT2D eigenvalue weighted by Gasteiger charge is 2.30. The molecule has 1 fully saturated rings. The highest BCUT2D eigenvalue weighted by molar-refractivity contribution is 5.75. The number of aromatic nitrogens is 3. The average Bonchev–Trinajstić information content (AvgIpc) is 3.24. The molecule has 1 saturated heterocycles. The lowest BCUT2D eigenvalue weighted by Gasteiger charge is -2.35. The maximum Gasteiger partial charge on any atom is 0.248 e. The SMILES string of the molecule is Cc1noc(C)c1CN1Cc2ccnn2[C@H](CC(=O)N2CCCCO2)C1. The van der Waals surface area contributed by atoms with Crippen LogP contribution in [0.5, 0.6) is 0 Å². The molecule has 0 bridgehead atoms. The number of rotatable bonds is 4. The standard InChI is InChI=1S/C18H25N5O3/c1-13-17(14(2)26-20-13)12-21-10-15-5-6-19-23(15)16(11-21)9-18(24)22-7-3-4-8-25-22/h5-6,16H,3-4,7-12H2,1-2H3/t16-/m1/s1. The van der Waals surface area contributed by atoms with Crippen molar-refractivity contribution in [2.75, 3.05) is 19.7 Å². The van der Waals surface area contributed by atoms with Crippen LogP contribution in [0.2, 0.25) is 0 Å². The van der Waals surface area contributed by atoms with Crippen LogP contribution in [-0.4, -0.2) is 50.5 Å². The van der Waals surface area contributed by atoms with Gasteiger partial charge >= 0.3 is 0 Å². The maximum absolute atomic E-state index is 12.6. The van der Waals surface area contributed by atoms with Gasteiger partial charge in [0.25, 0.3) is 0 Å². The Hall–Kier alpha value is -2.19. The zero-order chi connectivity index (χ0) is 18.1. The van der Waals surface area contributed by atoms with Crippen molar-refractivity contribution >= 4 is 5.91 Å². The molecule has 4 rings (SSSR count). The van der Waals surface area contributed by atoms with Crippen LogP contribution in [0.4, 0.5) is 0 Å². The third kappa shape index (κ3) is 3.39. The summed E-state index contributed by atoms with van der Waals surface area (Å²) in [5.41, 5.74) is 3.18. The van der Waals surface area contributed by atoms with Crippen molar-refractivity contribution in [3.05, 3.63) is 35.0 Å². The van der Waals surface area contributed by atoms with Crippen LogP contribution in [0.3, 0.4) is 0 Å².